The summed E-state index contributed by atoms with van der Waals surface area (Å²) in [7, 11) is 0. The molecule has 0 spiro atoms. The second-order valence-corrected chi connectivity index (χ2v) is 14.5. The lowest BCUT2D eigenvalue weighted by molar-refractivity contribution is 0.0780. The summed E-state index contributed by atoms with van der Waals surface area (Å²) in [6.07, 6.45) is 6.58. The van der Waals surface area contributed by atoms with E-state index >= 15 is 0 Å². The number of rotatable bonds is 6. The van der Waals surface area contributed by atoms with Crippen LogP contribution in [0.4, 0.5) is 0 Å². The Morgan fingerprint density at radius 3 is 1.55 bits per heavy atom. The van der Waals surface area contributed by atoms with Gasteiger partial charge in [0.05, 0.1) is 11.6 Å². The SMILES string of the molecule is C[C@@H]1C[C@@H]2C[C@H](C)CC(c3ccc(-c4cc(-c5ccccc5)c(-c5nc(-c6ccccc6)nc(-c6ccccc6)n5)cc4C#N)cc3)(C1)C2. The van der Waals surface area contributed by atoms with Crippen LogP contribution in [0.1, 0.15) is 57.1 Å². The van der Waals surface area contributed by atoms with Crippen molar-refractivity contribution in [1.82, 2.24) is 15.0 Å². The molecule has 5 aromatic carbocycles. The molecule has 2 fully saturated rings. The van der Waals surface area contributed by atoms with Gasteiger partial charge >= 0.3 is 0 Å². The molecule has 4 atom stereocenters. The number of nitriles is 1. The summed E-state index contributed by atoms with van der Waals surface area (Å²) in [4.78, 5) is 15.0. The van der Waals surface area contributed by atoms with Crippen molar-refractivity contribution in [2.45, 2.75) is 51.4 Å². The first-order chi connectivity index (χ1) is 24.0. The molecule has 0 aliphatic heterocycles. The van der Waals surface area contributed by atoms with Gasteiger partial charge in [0.1, 0.15) is 0 Å². The van der Waals surface area contributed by atoms with Gasteiger partial charge in [0, 0.05) is 22.3 Å². The first-order valence-electron chi connectivity index (χ1n) is 17.6. The quantitative estimate of drug-likeness (QED) is 0.182. The van der Waals surface area contributed by atoms with Crippen LogP contribution in [0.2, 0.25) is 0 Å². The summed E-state index contributed by atoms with van der Waals surface area (Å²) in [6, 6.07) is 46.2. The molecule has 2 bridgehead atoms. The zero-order valence-corrected chi connectivity index (χ0v) is 28.2. The van der Waals surface area contributed by atoms with Crippen LogP contribution in [-0.2, 0) is 5.41 Å². The maximum Gasteiger partial charge on any atom is 0.164 e. The second-order valence-electron chi connectivity index (χ2n) is 14.5. The number of hydrogen-bond acceptors (Lipinski definition) is 4. The van der Waals surface area contributed by atoms with E-state index in [2.05, 4.69) is 62.4 Å². The van der Waals surface area contributed by atoms with Crippen LogP contribution in [0.25, 0.3) is 56.4 Å². The Kier molecular flexibility index (Phi) is 8.14. The van der Waals surface area contributed by atoms with Gasteiger partial charge < -0.3 is 0 Å². The Morgan fingerprint density at radius 1 is 0.531 bits per heavy atom. The standard InChI is InChI=1S/C45H40N4/c1-30-22-32-23-31(2)27-45(26-30,28-32)38-20-18-34(19-21-38)39-25-40(33-12-6-3-7-13-33)41(24-37(39)29-46)44-48-42(35-14-8-4-9-15-35)47-43(49-44)36-16-10-5-11-17-36/h3-21,24-25,30-32H,22-23,26-28H2,1-2H3/t30-,31+,32-,45?. The molecule has 1 unspecified atom stereocenters. The normalized spacial score (nSPS) is 21.5. The molecule has 0 saturated heterocycles. The van der Waals surface area contributed by atoms with E-state index in [-0.39, 0.29) is 5.41 Å². The lowest BCUT2D eigenvalue weighted by atomic mass is 9.54. The van der Waals surface area contributed by atoms with E-state index in [4.69, 9.17) is 15.0 Å². The summed E-state index contributed by atoms with van der Waals surface area (Å²) in [5, 5.41) is 10.6. The van der Waals surface area contributed by atoms with Gasteiger partial charge in [-0.1, -0.05) is 129 Å². The maximum atomic E-state index is 10.6. The first kappa shape index (κ1) is 30.9. The zero-order valence-electron chi connectivity index (χ0n) is 28.2. The van der Waals surface area contributed by atoms with E-state index in [1.54, 1.807) is 0 Å². The molecule has 0 amide bonds. The summed E-state index contributed by atoms with van der Waals surface area (Å²) < 4.78 is 0. The first-order valence-corrected chi connectivity index (χ1v) is 17.6. The Hall–Kier alpha value is -5.40. The third-order valence-corrected chi connectivity index (χ3v) is 10.7. The molecule has 0 radical (unpaired) electrons. The van der Waals surface area contributed by atoms with E-state index < -0.39 is 0 Å². The van der Waals surface area contributed by atoms with Crippen molar-refractivity contribution in [3.05, 3.63) is 139 Å². The van der Waals surface area contributed by atoms with Crippen LogP contribution >= 0.6 is 0 Å². The molecule has 8 rings (SSSR count). The number of benzene rings is 5. The van der Waals surface area contributed by atoms with Crippen molar-refractivity contribution >= 4 is 0 Å². The third kappa shape index (κ3) is 6.07. The Balaban J connectivity index is 1.27. The highest BCUT2D eigenvalue weighted by atomic mass is 15.0. The predicted octanol–water partition coefficient (Wildman–Crippen LogP) is 11.2. The van der Waals surface area contributed by atoms with Crippen LogP contribution in [-0.4, -0.2) is 15.0 Å². The molecule has 4 heteroatoms. The van der Waals surface area contributed by atoms with Gasteiger partial charge in [-0.25, -0.2) is 15.0 Å². The highest BCUT2D eigenvalue weighted by Gasteiger charge is 2.45. The topological polar surface area (TPSA) is 62.5 Å². The van der Waals surface area contributed by atoms with Gasteiger partial charge in [-0.05, 0) is 89.7 Å². The molecule has 2 aliphatic carbocycles. The van der Waals surface area contributed by atoms with Crippen LogP contribution < -0.4 is 0 Å². The molecule has 240 valence electrons. The third-order valence-electron chi connectivity index (χ3n) is 10.7. The minimum Gasteiger partial charge on any atom is -0.208 e. The van der Waals surface area contributed by atoms with E-state index in [0.29, 0.717) is 23.0 Å². The Morgan fingerprint density at radius 2 is 1.02 bits per heavy atom. The van der Waals surface area contributed by atoms with Gasteiger partial charge in [-0.3, -0.25) is 0 Å². The van der Waals surface area contributed by atoms with E-state index in [1.807, 2.05) is 84.9 Å². The highest BCUT2D eigenvalue weighted by molar-refractivity contribution is 5.88. The number of hydrogen-bond donors (Lipinski definition) is 0. The molecule has 1 aromatic heterocycles. The zero-order chi connectivity index (χ0) is 33.4. The van der Waals surface area contributed by atoms with Crippen molar-refractivity contribution in [2.75, 3.05) is 0 Å². The summed E-state index contributed by atoms with van der Waals surface area (Å²) in [5.41, 5.74) is 8.94. The number of fused-ring (bicyclic) bond motifs is 2. The summed E-state index contributed by atoms with van der Waals surface area (Å²) in [6.45, 7) is 4.88. The predicted molar refractivity (Wildman–Crippen MR) is 198 cm³/mol. The molecule has 2 saturated carbocycles. The molecule has 4 nitrogen and oxygen atoms in total. The van der Waals surface area contributed by atoms with Crippen molar-refractivity contribution in [1.29, 1.82) is 5.26 Å². The van der Waals surface area contributed by atoms with Gasteiger partial charge in [-0.2, -0.15) is 5.26 Å². The number of aromatic nitrogens is 3. The number of nitrogens with zero attached hydrogens (tertiary/aromatic N) is 4. The van der Waals surface area contributed by atoms with Crippen molar-refractivity contribution < 1.29 is 0 Å². The highest BCUT2D eigenvalue weighted by Crippen LogP contribution is 2.54. The average Bonchev–Trinajstić information content (AvgIpc) is 3.14. The molecule has 1 heterocycles. The van der Waals surface area contributed by atoms with Crippen LogP contribution in [0, 0.1) is 29.1 Å². The fourth-order valence-corrected chi connectivity index (χ4v) is 8.96. The minimum absolute atomic E-state index is 0.265. The fraction of sp³-hybridized carbons (Fsp3) is 0.244. The summed E-state index contributed by atoms with van der Waals surface area (Å²) in [5.74, 6) is 4.08. The monoisotopic (exact) mass is 636 g/mol. The van der Waals surface area contributed by atoms with Crippen LogP contribution in [0.3, 0.4) is 0 Å². The molecule has 0 N–H and O–H groups in total. The van der Waals surface area contributed by atoms with Gasteiger partial charge in [0.15, 0.2) is 17.5 Å². The maximum absolute atomic E-state index is 10.6. The fourth-order valence-electron chi connectivity index (χ4n) is 8.96. The van der Waals surface area contributed by atoms with Gasteiger partial charge in [0.2, 0.25) is 0 Å². The molecule has 49 heavy (non-hydrogen) atoms. The van der Waals surface area contributed by atoms with E-state index in [1.165, 1.54) is 37.7 Å². The van der Waals surface area contributed by atoms with E-state index in [9.17, 15) is 5.26 Å². The van der Waals surface area contributed by atoms with Crippen LogP contribution in [0.15, 0.2) is 127 Å². The van der Waals surface area contributed by atoms with Gasteiger partial charge in [0.25, 0.3) is 0 Å². The van der Waals surface area contributed by atoms with E-state index in [0.717, 1.165) is 56.7 Å². The molecule has 6 aromatic rings. The molecule has 2 aliphatic rings. The molecular formula is C45H40N4. The lowest BCUT2D eigenvalue weighted by Gasteiger charge is -2.50. The average molecular weight is 637 g/mol. The summed E-state index contributed by atoms with van der Waals surface area (Å²) >= 11 is 0. The van der Waals surface area contributed by atoms with Crippen molar-refractivity contribution in [3.8, 4) is 62.5 Å². The van der Waals surface area contributed by atoms with Crippen LogP contribution in [0.5, 0.6) is 0 Å². The van der Waals surface area contributed by atoms with Crippen molar-refractivity contribution in [2.24, 2.45) is 17.8 Å². The largest absolute Gasteiger partial charge is 0.208 e. The smallest absolute Gasteiger partial charge is 0.164 e. The Bertz CT molecular complexity index is 2060. The minimum atomic E-state index is 0.265. The lowest BCUT2D eigenvalue weighted by Crippen LogP contribution is -2.42. The molecular weight excluding hydrogens is 597 g/mol. The second kappa shape index (κ2) is 12.9. The van der Waals surface area contributed by atoms with Gasteiger partial charge in [-0.15, -0.1) is 0 Å². The van der Waals surface area contributed by atoms with Crippen molar-refractivity contribution in [3.63, 3.8) is 0 Å². The Labute approximate surface area is 289 Å².